The quantitative estimate of drug-likeness (QED) is 0.282. The molecule has 0 radical (unpaired) electrons. The lowest BCUT2D eigenvalue weighted by molar-refractivity contribution is 0.544. The fourth-order valence-corrected chi connectivity index (χ4v) is 0. The third kappa shape index (κ3) is 1410. The Kier molecular flexibility index (Phi) is 55.6. The molecule has 0 saturated carbocycles. The molecule has 0 N–H and O–H groups in total. The van der Waals surface area contributed by atoms with E-state index in [1.165, 1.54) is 11.1 Å². The largest absolute Gasteiger partial charge is 0.296 e. The minimum absolute atomic E-state index is 0. The topological polar surface area (TPSA) is 0 Å². The van der Waals surface area contributed by atoms with Gasteiger partial charge in [0.2, 0.25) is 0 Å². The number of allylic oxidation sites excluding steroid dienone is 4. The monoisotopic (exact) mass is 438 g/mol. The molecular formula is C31H65+. The Morgan fingerprint density at radius 2 is 0.839 bits per heavy atom. The van der Waals surface area contributed by atoms with Crippen LogP contribution in [0.2, 0.25) is 0 Å². The summed E-state index contributed by atoms with van der Waals surface area (Å²) >= 11 is 0. The van der Waals surface area contributed by atoms with Gasteiger partial charge < -0.3 is 0 Å². The third-order valence-electron chi connectivity index (χ3n) is 1.28. The predicted octanol–water partition coefficient (Wildman–Crippen LogP) is 11.5. The minimum Gasteiger partial charge on any atom is -0.296 e. The summed E-state index contributed by atoms with van der Waals surface area (Å²) in [4.78, 5) is 0. The van der Waals surface area contributed by atoms with Crippen molar-refractivity contribution < 1.29 is 0 Å². The molecule has 0 heteroatoms. The molecule has 0 aromatic rings. The molecule has 0 spiro atoms. The lowest BCUT2D eigenvalue weighted by Gasteiger charge is -2.06. The van der Waals surface area contributed by atoms with Gasteiger partial charge in [0.25, 0.3) is 0 Å². The molecule has 0 aromatic carbocycles. The summed E-state index contributed by atoms with van der Waals surface area (Å²) < 4.78 is 0. The fourth-order valence-electron chi connectivity index (χ4n) is 0. The number of hydrogen-bond donors (Lipinski definition) is 0. The SMILES string of the molecule is C=C(C)C.C=C(C)C.CC(C)C.CC=CC.[CH2+]C(C)C.[CH2+]C([CH2-])(C)C.[CH2+]C([CH2-])C(C)C. The van der Waals surface area contributed by atoms with Gasteiger partial charge in [-0.2, -0.15) is 0 Å². The van der Waals surface area contributed by atoms with Gasteiger partial charge in [-0.1, -0.05) is 57.9 Å². The van der Waals surface area contributed by atoms with E-state index in [0.717, 1.165) is 5.92 Å². The van der Waals surface area contributed by atoms with Crippen LogP contribution in [-0.4, -0.2) is 0 Å². The second-order valence-electron chi connectivity index (χ2n) is 10.4. The van der Waals surface area contributed by atoms with E-state index >= 15 is 0 Å². The Balaban J connectivity index is -0.0000000437. The van der Waals surface area contributed by atoms with Crippen LogP contribution in [0.15, 0.2) is 36.5 Å². The molecule has 0 rings (SSSR count). The molecule has 0 aliphatic heterocycles. The Morgan fingerprint density at radius 3 is 0.839 bits per heavy atom. The van der Waals surface area contributed by atoms with E-state index in [2.05, 4.69) is 96.2 Å². The van der Waals surface area contributed by atoms with Crippen molar-refractivity contribution in [3.63, 3.8) is 0 Å². The average molecular weight is 438 g/mol. The Morgan fingerprint density at radius 1 is 0.774 bits per heavy atom. The van der Waals surface area contributed by atoms with E-state index in [1.54, 1.807) is 0 Å². The second-order valence-corrected chi connectivity index (χ2v) is 10.4. The van der Waals surface area contributed by atoms with Crippen LogP contribution in [-0.2, 0) is 0 Å². The second kappa shape index (κ2) is 36.2. The highest BCUT2D eigenvalue weighted by molar-refractivity contribution is 4.79. The van der Waals surface area contributed by atoms with Crippen molar-refractivity contribution in [2.75, 3.05) is 0 Å². The summed E-state index contributed by atoms with van der Waals surface area (Å²) in [5, 5.41) is 0. The van der Waals surface area contributed by atoms with Crippen molar-refractivity contribution in [1.82, 2.24) is 0 Å². The molecule has 0 aliphatic carbocycles. The summed E-state index contributed by atoms with van der Waals surface area (Å²) in [5.74, 6) is 2.40. The van der Waals surface area contributed by atoms with E-state index in [1.807, 2.05) is 67.5 Å². The third-order valence-corrected chi connectivity index (χ3v) is 1.28. The van der Waals surface area contributed by atoms with Gasteiger partial charge in [0.05, 0.1) is 12.8 Å². The van der Waals surface area contributed by atoms with E-state index in [-0.39, 0.29) is 5.41 Å². The standard InChI is InChI=1S/C6H12.C5H10.C4H10.C4H9.3C4H8/c1-5(2)6(3)4;1-5(2,3)4;4*1-4(2)3;1-3-4-2/h5-6H,1-2H2,3-4H3;1-2H2,3-4H3;4H,1-3H3;4H,1H2,2-3H3;2*1H2,2-3H3;3-4H,1-2H3/q;;;+1;;;. The summed E-state index contributed by atoms with van der Waals surface area (Å²) in [7, 11) is 0. The average Bonchev–Trinajstić information content (AvgIpc) is 2.43. The number of hydrogen-bond acceptors (Lipinski definition) is 0. The smallest absolute Gasteiger partial charge is 0.0897 e. The van der Waals surface area contributed by atoms with E-state index in [4.69, 9.17) is 0 Å². The molecule has 0 heterocycles. The van der Waals surface area contributed by atoms with Crippen molar-refractivity contribution >= 4 is 0 Å². The van der Waals surface area contributed by atoms with Crippen LogP contribution in [0, 0.1) is 63.7 Å². The van der Waals surface area contributed by atoms with Gasteiger partial charge >= 0.3 is 0 Å². The number of rotatable bonds is 1. The summed E-state index contributed by atoms with van der Waals surface area (Å²) in [6.45, 7) is 56.2. The maximum absolute atomic E-state index is 3.73. The summed E-state index contributed by atoms with van der Waals surface area (Å²) in [5.41, 5.74) is 2.33. The molecule has 0 unspecified atom stereocenters. The van der Waals surface area contributed by atoms with Gasteiger partial charge in [-0.15, -0.1) is 13.2 Å². The van der Waals surface area contributed by atoms with Crippen LogP contribution >= 0.6 is 0 Å². The molecule has 0 aromatic heterocycles. The van der Waals surface area contributed by atoms with E-state index in [9.17, 15) is 0 Å². The molecule has 0 fully saturated rings. The van der Waals surface area contributed by atoms with Gasteiger partial charge in [0.15, 0.2) is 0 Å². The van der Waals surface area contributed by atoms with Gasteiger partial charge in [-0.25, -0.2) is 0 Å². The molecule has 0 amide bonds. The molecule has 0 aliphatic rings. The van der Waals surface area contributed by atoms with E-state index < -0.39 is 0 Å². The zero-order chi connectivity index (χ0) is 27.4. The first-order valence-corrected chi connectivity index (χ1v) is 11.5. The minimum atomic E-state index is 0. The molecule has 31 heavy (non-hydrogen) atoms. The fraction of sp³-hybridized carbons (Fsp3) is 0.645. The van der Waals surface area contributed by atoms with Gasteiger partial charge in [0.1, 0.15) is 0 Å². The Hall–Kier alpha value is -1.17. The highest BCUT2D eigenvalue weighted by atomic mass is 14.0. The van der Waals surface area contributed by atoms with Crippen LogP contribution in [0.5, 0.6) is 0 Å². The van der Waals surface area contributed by atoms with Crippen molar-refractivity contribution in [2.24, 2.45) is 29.1 Å². The molecule has 0 bridgehead atoms. The van der Waals surface area contributed by atoms with Crippen molar-refractivity contribution in [1.29, 1.82) is 0 Å². The zero-order valence-corrected chi connectivity index (χ0v) is 24.9. The maximum Gasteiger partial charge on any atom is 0.0897 e. The molecule has 0 nitrogen and oxygen atoms in total. The normalized spacial score (nSPS) is 10.1. The van der Waals surface area contributed by atoms with Crippen LogP contribution in [0.1, 0.15) is 104 Å². The predicted molar refractivity (Wildman–Crippen MR) is 156 cm³/mol. The molecular weight excluding hydrogens is 372 g/mol. The highest BCUT2D eigenvalue weighted by Crippen LogP contribution is 2.06. The highest BCUT2D eigenvalue weighted by Gasteiger charge is 1.96. The lowest BCUT2D eigenvalue weighted by Crippen LogP contribution is -1.96. The van der Waals surface area contributed by atoms with Gasteiger partial charge in [-0.3, -0.25) is 13.8 Å². The molecule has 188 valence electrons. The zero-order valence-electron chi connectivity index (χ0n) is 24.9. The first-order chi connectivity index (χ1) is 13.5. The Bertz CT molecular complexity index is 282. The summed E-state index contributed by atoms with van der Waals surface area (Å²) in [6.07, 6.45) is 4.00. The van der Waals surface area contributed by atoms with Crippen molar-refractivity contribution in [3.05, 3.63) is 71.1 Å². The Labute approximate surface area is 204 Å². The maximum atomic E-state index is 3.73. The van der Waals surface area contributed by atoms with Crippen LogP contribution in [0.25, 0.3) is 0 Å². The van der Waals surface area contributed by atoms with Crippen LogP contribution in [0.3, 0.4) is 0 Å². The molecule has 0 atom stereocenters. The van der Waals surface area contributed by atoms with Crippen molar-refractivity contribution in [2.45, 2.75) is 104 Å². The van der Waals surface area contributed by atoms with Gasteiger partial charge in [0, 0.05) is 13.8 Å². The lowest BCUT2D eigenvalue weighted by atomic mass is 10.0. The van der Waals surface area contributed by atoms with Crippen molar-refractivity contribution in [3.8, 4) is 0 Å². The summed E-state index contributed by atoms with van der Waals surface area (Å²) in [6, 6.07) is 0. The van der Waals surface area contributed by atoms with Gasteiger partial charge in [-0.05, 0) is 92.4 Å². The molecule has 0 saturated heterocycles. The first kappa shape index (κ1) is 47.6. The van der Waals surface area contributed by atoms with E-state index in [0.29, 0.717) is 17.8 Å². The van der Waals surface area contributed by atoms with Crippen LogP contribution in [0.4, 0.5) is 0 Å². The first-order valence-electron chi connectivity index (χ1n) is 11.5. The van der Waals surface area contributed by atoms with Crippen LogP contribution < -0.4 is 0 Å².